The number of hydrogen-bond donors (Lipinski definition) is 0. The number of aryl methyl sites for hydroxylation is 2. The van der Waals surface area contributed by atoms with Gasteiger partial charge in [0.1, 0.15) is 0 Å². The van der Waals surface area contributed by atoms with Crippen LogP contribution in [0, 0.1) is 13.8 Å². The summed E-state index contributed by atoms with van der Waals surface area (Å²) in [5.41, 5.74) is 5.95. The fraction of sp³-hybridized carbons (Fsp3) is 0.0714. The molecule has 0 aliphatic rings. The standard InChI is InChI=1S/C28H22O4/c1-19-11-3-5-13-21(19)23-15-7-9-17-25(23)27(29)31-32-28(30)26-18-10-8-16-24(26)22-14-6-4-12-20(22)2/h3-18H,1-2H3. The van der Waals surface area contributed by atoms with Gasteiger partial charge in [0, 0.05) is 0 Å². The smallest absolute Gasteiger partial charge is 0.241 e. The van der Waals surface area contributed by atoms with Crippen LogP contribution in [0.15, 0.2) is 97.1 Å². The molecule has 0 saturated heterocycles. The van der Waals surface area contributed by atoms with Gasteiger partial charge in [0.25, 0.3) is 0 Å². The Bertz CT molecular complexity index is 1190. The van der Waals surface area contributed by atoms with Gasteiger partial charge >= 0.3 is 11.9 Å². The van der Waals surface area contributed by atoms with Crippen LogP contribution in [-0.2, 0) is 9.78 Å². The molecule has 0 aliphatic heterocycles. The molecule has 4 aromatic carbocycles. The van der Waals surface area contributed by atoms with E-state index in [2.05, 4.69) is 0 Å². The highest BCUT2D eigenvalue weighted by Gasteiger charge is 2.20. The molecule has 32 heavy (non-hydrogen) atoms. The van der Waals surface area contributed by atoms with Crippen molar-refractivity contribution in [1.82, 2.24) is 0 Å². The monoisotopic (exact) mass is 422 g/mol. The molecule has 0 unspecified atom stereocenters. The van der Waals surface area contributed by atoms with Crippen LogP contribution in [0.4, 0.5) is 0 Å². The molecule has 0 amide bonds. The van der Waals surface area contributed by atoms with Crippen molar-refractivity contribution < 1.29 is 19.4 Å². The van der Waals surface area contributed by atoms with Crippen molar-refractivity contribution >= 4 is 11.9 Å². The minimum atomic E-state index is -0.731. The van der Waals surface area contributed by atoms with Crippen LogP contribution in [0.3, 0.4) is 0 Å². The second-order valence-corrected chi connectivity index (χ2v) is 7.46. The predicted octanol–water partition coefficient (Wildman–Crippen LogP) is 6.57. The van der Waals surface area contributed by atoms with Crippen LogP contribution in [0.5, 0.6) is 0 Å². The van der Waals surface area contributed by atoms with E-state index in [1.54, 1.807) is 24.3 Å². The van der Waals surface area contributed by atoms with E-state index in [1.807, 2.05) is 86.6 Å². The van der Waals surface area contributed by atoms with Crippen LogP contribution < -0.4 is 0 Å². The van der Waals surface area contributed by atoms with E-state index >= 15 is 0 Å². The third kappa shape index (κ3) is 4.30. The van der Waals surface area contributed by atoms with E-state index in [-0.39, 0.29) is 0 Å². The zero-order chi connectivity index (χ0) is 22.5. The fourth-order valence-corrected chi connectivity index (χ4v) is 3.71. The van der Waals surface area contributed by atoms with Crippen molar-refractivity contribution in [2.24, 2.45) is 0 Å². The molecular formula is C28H22O4. The normalized spacial score (nSPS) is 10.4. The Morgan fingerprint density at radius 3 is 1.16 bits per heavy atom. The van der Waals surface area contributed by atoms with Crippen LogP contribution in [0.1, 0.15) is 31.8 Å². The number of carbonyl (C=O) groups is 2. The van der Waals surface area contributed by atoms with Crippen LogP contribution in [0.2, 0.25) is 0 Å². The van der Waals surface area contributed by atoms with E-state index in [0.29, 0.717) is 22.3 Å². The van der Waals surface area contributed by atoms with Crippen LogP contribution >= 0.6 is 0 Å². The summed E-state index contributed by atoms with van der Waals surface area (Å²) in [5, 5.41) is 0. The van der Waals surface area contributed by atoms with E-state index < -0.39 is 11.9 Å². The Balaban J connectivity index is 1.57. The topological polar surface area (TPSA) is 52.6 Å². The third-order valence-corrected chi connectivity index (χ3v) is 5.36. The molecule has 0 heterocycles. The third-order valence-electron chi connectivity index (χ3n) is 5.36. The van der Waals surface area contributed by atoms with Crippen molar-refractivity contribution in [2.45, 2.75) is 13.8 Å². The van der Waals surface area contributed by atoms with Crippen molar-refractivity contribution in [3.63, 3.8) is 0 Å². The van der Waals surface area contributed by atoms with Gasteiger partial charge in [-0.25, -0.2) is 19.4 Å². The first-order chi connectivity index (χ1) is 15.6. The lowest BCUT2D eigenvalue weighted by molar-refractivity contribution is -0.187. The maximum Gasteiger partial charge on any atom is 0.386 e. The second kappa shape index (κ2) is 9.31. The first-order valence-electron chi connectivity index (χ1n) is 10.3. The second-order valence-electron chi connectivity index (χ2n) is 7.46. The largest absolute Gasteiger partial charge is 0.386 e. The van der Waals surface area contributed by atoms with E-state index in [0.717, 1.165) is 22.3 Å². The quantitative estimate of drug-likeness (QED) is 0.276. The Labute approximate surface area is 187 Å². The van der Waals surface area contributed by atoms with Gasteiger partial charge in [0.2, 0.25) is 0 Å². The minimum Gasteiger partial charge on any atom is -0.241 e. The molecule has 4 nitrogen and oxygen atoms in total. The Hall–Kier alpha value is -4.18. The van der Waals surface area contributed by atoms with E-state index in [4.69, 9.17) is 9.78 Å². The van der Waals surface area contributed by atoms with E-state index in [9.17, 15) is 9.59 Å². The molecule has 0 bridgehead atoms. The summed E-state index contributed by atoms with van der Waals surface area (Å²) in [7, 11) is 0. The SMILES string of the molecule is Cc1ccccc1-c1ccccc1C(=O)OOC(=O)c1ccccc1-c1ccccc1C. The number of carbonyl (C=O) groups excluding carboxylic acids is 2. The van der Waals surface area contributed by atoms with Gasteiger partial charge in [0.15, 0.2) is 0 Å². The molecule has 0 N–H and O–H groups in total. The predicted molar refractivity (Wildman–Crippen MR) is 124 cm³/mol. The Morgan fingerprint density at radius 2 is 0.781 bits per heavy atom. The molecule has 4 heteroatoms. The molecule has 4 aromatic rings. The zero-order valence-electron chi connectivity index (χ0n) is 17.9. The summed E-state index contributed by atoms with van der Waals surface area (Å²) in [6.45, 7) is 3.94. The molecule has 0 aromatic heterocycles. The Morgan fingerprint density at radius 1 is 0.469 bits per heavy atom. The lowest BCUT2D eigenvalue weighted by Gasteiger charge is -2.12. The zero-order valence-corrected chi connectivity index (χ0v) is 17.9. The number of benzene rings is 4. The Kier molecular flexibility index (Phi) is 6.13. The van der Waals surface area contributed by atoms with Gasteiger partial charge in [-0.1, -0.05) is 84.9 Å². The number of hydrogen-bond acceptors (Lipinski definition) is 4. The van der Waals surface area contributed by atoms with Gasteiger partial charge in [-0.05, 0) is 59.4 Å². The fourth-order valence-electron chi connectivity index (χ4n) is 3.71. The summed E-state index contributed by atoms with van der Waals surface area (Å²) in [5.74, 6) is -1.46. The highest BCUT2D eigenvalue weighted by atomic mass is 17.2. The highest BCUT2D eigenvalue weighted by molar-refractivity contribution is 6.00. The molecule has 0 spiro atoms. The van der Waals surface area contributed by atoms with Gasteiger partial charge in [-0.2, -0.15) is 0 Å². The molecule has 4 rings (SSSR count). The van der Waals surface area contributed by atoms with Gasteiger partial charge in [-0.3, -0.25) is 0 Å². The molecule has 0 fully saturated rings. The summed E-state index contributed by atoms with van der Waals surface area (Å²) >= 11 is 0. The van der Waals surface area contributed by atoms with Gasteiger partial charge < -0.3 is 0 Å². The summed E-state index contributed by atoms with van der Waals surface area (Å²) < 4.78 is 0. The van der Waals surface area contributed by atoms with Crippen molar-refractivity contribution in [2.75, 3.05) is 0 Å². The highest BCUT2D eigenvalue weighted by Crippen LogP contribution is 2.29. The van der Waals surface area contributed by atoms with Crippen molar-refractivity contribution in [3.05, 3.63) is 119 Å². The summed E-state index contributed by atoms with van der Waals surface area (Å²) in [6.07, 6.45) is 0. The first kappa shape index (κ1) is 21.1. The lowest BCUT2D eigenvalue weighted by atomic mass is 9.96. The number of rotatable bonds is 4. The average Bonchev–Trinajstić information content (AvgIpc) is 2.83. The molecule has 0 saturated carbocycles. The molecule has 158 valence electrons. The van der Waals surface area contributed by atoms with E-state index in [1.165, 1.54) is 0 Å². The minimum absolute atomic E-state index is 0.321. The van der Waals surface area contributed by atoms with Gasteiger partial charge in [0.05, 0.1) is 11.1 Å². The maximum atomic E-state index is 12.8. The summed E-state index contributed by atoms with van der Waals surface area (Å²) in [4.78, 5) is 35.5. The average molecular weight is 422 g/mol. The molecule has 0 aliphatic carbocycles. The molecule has 0 radical (unpaired) electrons. The van der Waals surface area contributed by atoms with Gasteiger partial charge in [-0.15, -0.1) is 0 Å². The van der Waals surface area contributed by atoms with Crippen LogP contribution in [-0.4, -0.2) is 11.9 Å². The molecular weight excluding hydrogens is 400 g/mol. The molecule has 0 atom stereocenters. The van der Waals surface area contributed by atoms with Crippen molar-refractivity contribution in [1.29, 1.82) is 0 Å². The summed E-state index contributed by atoms with van der Waals surface area (Å²) in [6, 6.07) is 29.7. The van der Waals surface area contributed by atoms with Crippen molar-refractivity contribution in [3.8, 4) is 22.3 Å². The van der Waals surface area contributed by atoms with Crippen LogP contribution in [0.25, 0.3) is 22.3 Å². The lowest BCUT2D eigenvalue weighted by Crippen LogP contribution is -2.13. The first-order valence-corrected chi connectivity index (χ1v) is 10.3. The maximum absolute atomic E-state index is 12.8.